The number of aromatic hydroxyl groups is 1. The van der Waals surface area contributed by atoms with Crippen LogP contribution < -0.4 is 5.32 Å². The second-order valence-corrected chi connectivity index (χ2v) is 6.24. The van der Waals surface area contributed by atoms with E-state index >= 15 is 0 Å². The minimum absolute atomic E-state index is 0.283. The zero-order valence-corrected chi connectivity index (χ0v) is 12.6. The van der Waals surface area contributed by atoms with Gasteiger partial charge in [-0.15, -0.1) is 11.3 Å². The zero-order valence-electron chi connectivity index (χ0n) is 10.2. The van der Waals surface area contributed by atoms with Gasteiger partial charge in [-0.1, -0.05) is 12.1 Å². The van der Waals surface area contributed by atoms with Gasteiger partial charge in [0.05, 0.1) is 4.47 Å². The Morgan fingerprint density at radius 3 is 2.89 bits per heavy atom. The van der Waals surface area contributed by atoms with Gasteiger partial charge < -0.3 is 10.4 Å². The van der Waals surface area contributed by atoms with Crippen LogP contribution in [0.15, 0.2) is 40.2 Å². The summed E-state index contributed by atoms with van der Waals surface area (Å²) in [4.78, 5) is 1.40. The smallest absolute Gasteiger partial charge is 0.129 e. The average Bonchev–Trinajstić information content (AvgIpc) is 2.83. The van der Waals surface area contributed by atoms with Gasteiger partial charge in [-0.25, -0.2) is 0 Å². The molecule has 0 saturated heterocycles. The van der Waals surface area contributed by atoms with Gasteiger partial charge >= 0.3 is 0 Å². The quantitative estimate of drug-likeness (QED) is 0.872. The highest BCUT2D eigenvalue weighted by Gasteiger charge is 2.05. The molecule has 0 bridgehead atoms. The summed E-state index contributed by atoms with van der Waals surface area (Å²) in [6.07, 6.45) is 1.05. The molecule has 4 heteroatoms. The number of benzene rings is 1. The van der Waals surface area contributed by atoms with Crippen molar-refractivity contribution in [2.24, 2.45) is 0 Å². The number of hydrogen-bond donors (Lipinski definition) is 2. The molecule has 0 radical (unpaired) electrons. The minimum atomic E-state index is 0.283. The van der Waals surface area contributed by atoms with E-state index in [4.69, 9.17) is 0 Å². The Morgan fingerprint density at radius 1 is 1.39 bits per heavy atom. The van der Waals surface area contributed by atoms with Gasteiger partial charge in [0.15, 0.2) is 0 Å². The Labute approximate surface area is 120 Å². The van der Waals surface area contributed by atoms with E-state index in [9.17, 15) is 5.11 Å². The third kappa shape index (κ3) is 3.83. The molecule has 0 saturated carbocycles. The van der Waals surface area contributed by atoms with Crippen LogP contribution in [-0.4, -0.2) is 11.1 Å². The lowest BCUT2D eigenvalue weighted by Gasteiger charge is -2.13. The maximum absolute atomic E-state index is 9.43. The van der Waals surface area contributed by atoms with Crippen LogP contribution >= 0.6 is 27.3 Å². The van der Waals surface area contributed by atoms with Crippen molar-refractivity contribution in [3.63, 3.8) is 0 Å². The fourth-order valence-electron chi connectivity index (χ4n) is 1.76. The second-order valence-electron chi connectivity index (χ2n) is 4.35. The number of halogens is 1. The number of rotatable bonds is 5. The first-order valence-electron chi connectivity index (χ1n) is 5.88. The average molecular weight is 326 g/mol. The fourth-order valence-corrected chi connectivity index (χ4v) is 3.02. The highest BCUT2D eigenvalue weighted by atomic mass is 79.9. The fraction of sp³-hybridized carbons (Fsp3) is 0.286. The predicted molar refractivity (Wildman–Crippen MR) is 80.1 cm³/mol. The summed E-state index contributed by atoms with van der Waals surface area (Å²) < 4.78 is 0.743. The van der Waals surface area contributed by atoms with Crippen molar-refractivity contribution in [3.8, 4) is 5.75 Å². The topological polar surface area (TPSA) is 32.3 Å². The summed E-state index contributed by atoms with van der Waals surface area (Å²) in [6, 6.07) is 10.3. The molecular weight excluding hydrogens is 310 g/mol. The molecule has 18 heavy (non-hydrogen) atoms. The molecule has 0 amide bonds. The van der Waals surface area contributed by atoms with Gasteiger partial charge in [0, 0.05) is 17.5 Å². The normalized spacial score (nSPS) is 12.6. The zero-order chi connectivity index (χ0) is 13.0. The van der Waals surface area contributed by atoms with Crippen LogP contribution in [0.2, 0.25) is 0 Å². The molecule has 0 spiro atoms. The van der Waals surface area contributed by atoms with E-state index in [1.54, 1.807) is 17.4 Å². The van der Waals surface area contributed by atoms with Crippen molar-refractivity contribution < 1.29 is 5.11 Å². The summed E-state index contributed by atoms with van der Waals surface area (Å²) in [6.45, 7) is 3.00. The van der Waals surface area contributed by atoms with Gasteiger partial charge in [0.2, 0.25) is 0 Å². The van der Waals surface area contributed by atoms with Gasteiger partial charge in [-0.3, -0.25) is 0 Å². The molecule has 0 aliphatic heterocycles. The second kappa shape index (κ2) is 6.36. The Balaban J connectivity index is 1.85. The third-order valence-electron chi connectivity index (χ3n) is 2.75. The van der Waals surface area contributed by atoms with Crippen molar-refractivity contribution in [1.82, 2.24) is 5.32 Å². The first-order valence-corrected chi connectivity index (χ1v) is 7.55. The molecule has 2 rings (SSSR count). The molecule has 1 unspecified atom stereocenters. The number of phenolic OH excluding ortho intramolecular Hbond substituents is 1. The summed E-state index contributed by atoms with van der Waals surface area (Å²) >= 11 is 5.12. The Kier molecular flexibility index (Phi) is 4.80. The van der Waals surface area contributed by atoms with Crippen LogP contribution in [-0.2, 0) is 13.0 Å². The molecule has 1 aromatic heterocycles. The summed E-state index contributed by atoms with van der Waals surface area (Å²) in [5.74, 6) is 0.283. The van der Waals surface area contributed by atoms with E-state index in [-0.39, 0.29) is 5.75 Å². The Bertz CT molecular complexity index is 499. The lowest BCUT2D eigenvalue weighted by Crippen LogP contribution is -2.27. The minimum Gasteiger partial charge on any atom is -0.507 e. The van der Waals surface area contributed by atoms with E-state index in [1.165, 1.54) is 4.88 Å². The molecule has 1 aromatic carbocycles. The van der Waals surface area contributed by atoms with Crippen molar-refractivity contribution in [2.75, 3.05) is 0 Å². The van der Waals surface area contributed by atoms with Crippen molar-refractivity contribution >= 4 is 27.3 Å². The monoisotopic (exact) mass is 325 g/mol. The van der Waals surface area contributed by atoms with E-state index in [0.29, 0.717) is 6.04 Å². The highest BCUT2D eigenvalue weighted by Crippen LogP contribution is 2.24. The SMILES string of the molecule is CC(Cc1cccs1)NCc1ccc(O)c(Br)c1. The molecule has 2 aromatic rings. The maximum atomic E-state index is 9.43. The summed E-state index contributed by atoms with van der Waals surface area (Å²) in [5.41, 5.74) is 1.16. The molecule has 0 fully saturated rings. The molecule has 0 aliphatic carbocycles. The molecule has 1 heterocycles. The number of nitrogens with one attached hydrogen (secondary N) is 1. The molecule has 2 N–H and O–H groups in total. The lowest BCUT2D eigenvalue weighted by atomic mass is 10.1. The van der Waals surface area contributed by atoms with Crippen LogP contribution in [0.5, 0.6) is 5.75 Å². The maximum Gasteiger partial charge on any atom is 0.129 e. The molecule has 96 valence electrons. The Hall–Kier alpha value is -0.840. The van der Waals surface area contributed by atoms with Crippen LogP contribution in [0.4, 0.5) is 0 Å². The van der Waals surface area contributed by atoms with Crippen molar-refractivity contribution in [2.45, 2.75) is 25.9 Å². The molecule has 2 nitrogen and oxygen atoms in total. The molecular formula is C14H16BrNOS. The van der Waals surface area contributed by atoms with Crippen LogP contribution in [0.25, 0.3) is 0 Å². The number of phenols is 1. The molecule has 1 atom stereocenters. The first-order chi connectivity index (χ1) is 8.65. The highest BCUT2D eigenvalue weighted by molar-refractivity contribution is 9.10. The Morgan fingerprint density at radius 2 is 2.22 bits per heavy atom. The van der Waals surface area contributed by atoms with E-state index < -0.39 is 0 Å². The van der Waals surface area contributed by atoms with E-state index in [1.807, 2.05) is 12.1 Å². The number of thiophene rings is 1. The van der Waals surface area contributed by atoms with Crippen LogP contribution in [0.1, 0.15) is 17.4 Å². The van der Waals surface area contributed by atoms with Crippen LogP contribution in [0.3, 0.4) is 0 Å². The first kappa shape index (κ1) is 13.6. The molecule has 0 aliphatic rings. The van der Waals surface area contributed by atoms with Gasteiger partial charge in [0.25, 0.3) is 0 Å². The van der Waals surface area contributed by atoms with E-state index in [2.05, 4.69) is 45.7 Å². The summed E-state index contributed by atoms with van der Waals surface area (Å²) in [7, 11) is 0. The van der Waals surface area contributed by atoms with Gasteiger partial charge in [0.1, 0.15) is 5.75 Å². The predicted octanol–water partition coefficient (Wildman–Crippen LogP) is 3.94. The largest absolute Gasteiger partial charge is 0.507 e. The van der Waals surface area contributed by atoms with E-state index in [0.717, 1.165) is 23.0 Å². The van der Waals surface area contributed by atoms with Crippen LogP contribution in [0, 0.1) is 0 Å². The van der Waals surface area contributed by atoms with Gasteiger partial charge in [-0.05, 0) is 58.4 Å². The van der Waals surface area contributed by atoms with Crippen molar-refractivity contribution in [3.05, 3.63) is 50.6 Å². The van der Waals surface area contributed by atoms with Gasteiger partial charge in [-0.2, -0.15) is 0 Å². The standard InChI is InChI=1S/C14H16BrNOS/c1-10(7-12-3-2-6-18-12)16-9-11-4-5-14(17)13(15)8-11/h2-6,8,10,16-17H,7,9H2,1H3. The number of hydrogen-bond acceptors (Lipinski definition) is 3. The third-order valence-corrected chi connectivity index (χ3v) is 4.29. The van der Waals surface area contributed by atoms with Crippen molar-refractivity contribution in [1.29, 1.82) is 0 Å². The lowest BCUT2D eigenvalue weighted by molar-refractivity contribution is 0.471. The summed E-state index contributed by atoms with van der Waals surface area (Å²) in [5, 5.41) is 15.0.